The van der Waals surface area contributed by atoms with Crippen molar-refractivity contribution in [2.24, 2.45) is 0 Å². The minimum Gasteiger partial charge on any atom is -0.348 e. The Bertz CT molecular complexity index is 323. The van der Waals surface area contributed by atoms with Crippen LogP contribution >= 0.6 is 0 Å². The van der Waals surface area contributed by atoms with Gasteiger partial charge in [-0.15, -0.1) is 0 Å². The molecule has 2 saturated heterocycles. The van der Waals surface area contributed by atoms with Gasteiger partial charge in [-0.25, -0.2) is 0 Å². The molecule has 0 N–H and O–H groups in total. The summed E-state index contributed by atoms with van der Waals surface area (Å²) in [7, 11) is 0. The molecule has 2 heterocycles. The summed E-state index contributed by atoms with van der Waals surface area (Å²) in [6.45, 7) is 9.20. The molecule has 0 aromatic rings. The van der Waals surface area contributed by atoms with Gasteiger partial charge in [0, 0.05) is 0 Å². The highest BCUT2D eigenvalue weighted by Gasteiger charge is 2.51. The summed E-state index contributed by atoms with van der Waals surface area (Å²) >= 11 is 0. The molecule has 0 amide bonds. The van der Waals surface area contributed by atoms with Crippen LogP contribution in [0.15, 0.2) is 0 Å². The lowest BCUT2D eigenvalue weighted by Gasteiger charge is -2.22. The SMILES string of the molecule is CC(=O)[C@H]1OC(C)(C)O[C@@H]1[C@H]1COC(C)(C)O1. The lowest BCUT2D eigenvalue weighted by molar-refractivity contribution is -0.175. The van der Waals surface area contributed by atoms with Gasteiger partial charge in [-0.05, 0) is 34.6 Å². The Kier molecular flexibility index (Phi) is 3.06. The Morgan fingerprint density at radius 3 is 2.18 bits per heavy atom. The molecule has 0 radical (unpaired) electrons. The summed E-state index contributed by atoms with van der Waals surface area (Å²) < 4.78 is 22.6. The lowest BCUT2D eigenvalue weighted by atomic mass is 10.1. The van der Waals surface area contributed by atoms with E-state index in [0.29, 0.717) is 6.61 Å². The van der Waals surface area contributed by atoms with Crippen LogP contribution in [-0.2, 0) is 23.7 Å². The van der Waals surface area contributed by atoms with E-state index in [2.05, 4.69) is 0 Å². The molecule has 2 aliphatic heterocycles. The Hall–Kier alpha value is -0.490. The van der Waals surface area contributed by atoms with Crippen LogP contribution in [0.25, 0.3) is 0 Å². The number of carbonyl (C=O) groups is 1. The van der Waals surface area contributed by atoms with Crippen molar-refractivity contribution < 1.29 is 23.7 Å². The number of ether oxygens (including phenoxy) is 4. The van der Waals surface area contributed by atoms with Gasteiger partial charge < -0.3 is 18.9 Å². The molecule has 0 aromatic heterocycles. The van der Waals surface area contributed by atoms with Crippen LogP contribution in [0.2, 0.25) is 0 Å². The number of hydrogen-bond donors (Lipinski definition) is 0. The fourth-order valence-corrected chi connectivity index (χ4v) is 2.25. The smallest absolute Gasteiger partial charge is 0.164 e. The van der Waals surface area contributed by atoms with Gasteiger partial charge in [-0.2, -0.15) is 0 Å². The predicted molar refractivity (Wildman–Crippen MR) is 59.4 cm³/mol. The van der Waals surface area contributed by atoms with E-state index in [1.165, 1.54) is 6.92 Å². The molecule has 2 aliphatic rings. The largest absolute Gasteiger partial charge is 0.348 e. The van der Waals surface area contributed by atoms with Gasteiger partial charge in [-0.3, -0.25) is 4.79 Å². The topological polar surface area (TPSA) is 54.0 Å². The average molecular weight is 244 g/mol. The molecule has 0 bridgehead atoms. The second-order valence-electron chi connectivity index (χ2n) is 5.50. The molecule has 0 aliphatic carbocycles. The molecule has 5 nitrogen and oxygen atoms in total. The van der Waals surface area contributed by atoms with E-state index in [-0.39, 0.29) is 11.9 Å². The number of hydrogen-bond acceptors (Lipinski definition) is 5. The first-order chi connectivity index (χ1) is 7.70. The fraction of sp³-hybridized carbons (Fsp3) is 0.917. The van der Waals surface area contributed by atoms with E-state index < -0.39 is 23.8 Å². The second-order valence-corrected chi connectivity index (χ2v) is 5.50. The number of carbonyl (C=O) groups excluding carboxylic acids is 1. The summed E-state index contributed by atoms with van der Waals surface area (Å²) in [6.07, 6.45) is -1.24. The molecule has 2 fully saturated rings. The molecular weight excluding hydrogens is 224 g/mol. The highest BCUT2D eigenvalue weighted by molar-refractivity contribution is 5.81. The van der Waals surface area contributed by atoms with E-state index in [1.807, 2.05) is 13.8 Å². The molecule has 17 heavy (non-hydrogen) atoms. The van der Waals surface area contributed by atoms with Crippen LogP contribution in [0.4, 0.5) is 0 Å². The van der Waals surface area contributed by atoms with Crippen molar-refractivity contribution in [3.8, 4) is 0 Å². The van der Waals surface area contributed by atoms with Crippen molar-refractivity contribution in [3.63, 3.8) is 0 Å². The van der Waals surface area contributed by atoms with Gasteiger partial charge in [0.2, 0.25) is 0 Å². The summed E-state index contributed by atoms with van der Waals surface area (Å²) in [6, 6.07) is 0. The third-order valence-corrected chi connectivity index (χ3v) is 2.93. The monoisotopic (exact) mass is 244 g/mol. The van der Waals surface area contributed by atoms with Gasteiger partial charge in [0.25, 0.3) is 0 Å². The Morgan fingerprint density at radius 2 is 1.71 bits per heavy atom. The van der Waals surface area contributed by atoms with Crippen LogP contribution in [0, 0.1) is 0 Å². The standard InChI is InChI=1S/C12H20O5/c1-7(13)9-10(17-12(4,5)16-9)8-6-14-11(2,3)15-8/h8-10H,6H2,1-5H3/t8-,9-,10-/m1/s1. The van der Waals surface area contributed by atoms with Crippen LogP contribution in [0.5, 0.6) is 0 Å². The third kappa shape index (κ3) is 2.68. The number of ketones is 1. The first kappa shape index (κ1) is 13.0. The normalized spacial score (nSPS) is 39.5. The first-order valence-corrected chi connectivity index (χ1v) is 5.88. The van der Waals surface area contributed by atoms with Gasteiger partial charge in [0.1, 0.15) is 18.3 Å². The molecule has 0 spiro atoms. The van der Waals surface area contributed by atoms with Gasteiger partial charge in [0.15, 0.2) is 17.4 Å². The summed E-state index contributed by atoms with van der Waals surface area (Å²) in [5.41, 5.74) is 0. The van der Waals surface area contributed by atoms with E-state index in [1.54, 1.807) is 13.8 Å². The Labute approximate surface area is 101 Å². The van der Waals surface area contributed by atoms with Crippen molar-refractivity contribution in [1.29, 1.82) is 0 Å². The second kappa shape index (κ2) is 4.02. The Balaban J connectivity index is 2.12. The van der Waals surface area contributed by atoms with Crippen molar-refractivity contribution in [1.82, 2.24) is 0 Å². The average Bonchev–Trinajstić information content (AvgIpc) is 2.66. The third-order valence-electron chi connectivity index (χ3n) is 2.93. The van der Waals surface area contributed by atoms with Crippen molar-refractivity contribution in [2.45, 2.75) is 64.5 Å². The van der Waals surface area contributed by atoms with E-state index in [9.17, 15) is 4.79 Å². The molecule has 98 valence electrons. The molecule has 2 rings (SSSR count). The van der Waals surface area contributed by atoms with E-state index in [4.69, 9.17) is 18.9 Å². The number of Topliss-reactive ketones (excluding diaryl/α,β-unsaturated/α-hetero) is 1. The molecule has 0 unspecified atom stereocenters. The maximum atomic E-state index is 11.6. The van der Waals surface area contributed by atoms with Crippen molar-refractivity contribution >= 4 is 5.78 Å². The van der Waals surface area contributed by atoms with Crippen molar-refractivity contribution in [2.75, 3.05) is 6.61 Å². The maximum absolute atomic E-state index is 11.6. The Morgan fingerprint density at radius 1 is 1.06 bits per heavy atom. The lowest BCUT2D eigenvalue weighted by Crippen LogP contribution is -2.41. The summed E-state index contributed by atoms with van der Waals surface area (Å²) in [4.78, 5) is 11.6. The highest BCUT2D eigenvalue weighted by Crippen LogP contribution is 2.35. The molecular formula is C12H20O5. The summed E-state index contributed by atoms with van der Waals surface area (Å²) in [5.74, 6) is -1.42. The van der Waals surface area contributed by atoms with Crippen LogP contribution in [0.3, 0.4) is 0 Å². The predicted octanol–water partition coefficient (Wildman–Crippen LogP) is 1.25. The number of rotatable bonds is 2. The van der Waals surface area contributed by atoms with Gasteiger partial charge in [0.05, 0.1) is 6.61 Å². The zero-order chi connectivity index (χ0) is 12.8. The van der Waals surface area contributed by atoms with Gasteiger partial charge in [-0.1, -0.05) is 0 Å². The zero-order valence-corrected chi connectivity index (χ0v) is 11.0. The zero-order valence-electron chi connectivity index (χ0n) is 11.0. The van der Waals surface area contributed by atoms with Crippen LogP contribution in [0.1, 0.15) is 34.6 Å². The molecule has 0 aromatic carbocycles. The fourth-order valence-electron chi connectivity index (χ4n) is 2.25. The van der Waals surface area contributed by atoms with Gasteiger partial charge >= 0.3 is 0 Å². The summed E-state index contributed by atoms with van der Waals surface area (Å²) in [5, 5.41) is 0. The quantitative estimate of drug-likeness (QED) is 0.731. The van der Waals surface area contributed by atoms with Crippen LogP contribution in [-0.4, -0.2) is 42.3 Å². The highest BCUT2D eigenvalue weighted by atomic mass is 16.8. The van der Waals surface area contributed by atoms with E-state index in [0.717, 1.165) is 0 Å². The van der Waals surface area contributed by atoms with E-state index >= 15 is 0 Å². The molecule has 3 atom stereocenters. The molecule has 0 saturated carbocycles. The maximum Gasteiger partial charge on any atom is 0.164 e. The minimum atomic E-state index is -0.753. The first-order valence-electron chi connectivity index (χ1n) is 5.88. The van der Waals surface area contributed by atoms with Crippen LogP contribution < -0.4 is 0 Å². The minimum absolute atomic E-state index is 0.0473. The molecule has 5 heteroatoms. The van der Waals surface area contributed by atoms with Crippen molar-refractivity contribution in [3.05, 3.63) is 0 Å².